The van der Waals surface area contributed by atoms with Gasteiger partial charge in [-0.15, -0.1) is 0 Å². The summed E-state index contributed by atoms with van der Waals surface area (Å²) in [5, 5.41) is 3.01. The van der Waals surface area contributed by atoms with Gasteiger partial charge in [0, 0.05) is 44.3 Å². The molecule has 2 aliphatic heterocycles. The van der Waals surface area contributed by atoms with E-state index in [1.807, 2.05) is 0 Å². The molecule has 0 aromatic heterocycles. The van der Waals surface area contributed by atoms with Gasteiger partial charge in [-0.3, -0.25) is 4.79 Å². The molecule has 1 amide bonds. The van der Waals surface area contributed by atoms with Crippen LogP contribution in [0.2, 0.25) is 0 Å². The first-order valence-electron chi connectivity index (χ1n) is 10.1. The zero-order valence-corrected chi connectivity index (χ0v) is 17.0. The lowest BCUT2D eigenvalue weighted by atomic mass is 9.97. The van der Waals surface area contributed by atoms with Crippen LogP contribution in [0.15, 0.2) is 24.3 Å². The first-order chi connectivity index (χ1) is 13.0. The lowest BCUT2D eigenvalue weighted by Crippen LogP contribution is -2.43. The molecule has 27 heavy (non-hydrogen) atoms. The molecule has 0 unspecified atom stereocenters. The van der Waals surface area contributed by atoms with Gasteiger partial charge in [0.15, 0.2) is 0 Å². The number of hydrogen-bond donors (Lipinski definition) is 1. The van der Waals surface area contributed by atoms with Gasteiger partial charge in [0.05, 0.1) is 5.75 Å². The number of benzene rings is 1. The highest BCUT2D eigenvalue weighted by Crippen LogP contribution is 2.22. The van der Waals surface area contributed by atoms with Gasteiger partial charge in [0.2, 0.25) is 15.9 Å². The van der Waals surface area contributed by atoms with E-state index in [1.165, 1.54) is 29.3 Å². The summed E-state index contributed by atoms with van der Waals surface area (Å²) < 4.78 is 25.3. The molecular weight excluding hydrogens is 362 g/mol. The third kappa shape index (κ3) is 5.23. The van der Waals surface area contributed by atoms with Gasteiger partial charge in [-0.05, 0) is 56.7 Å². The summed E-state index contributed by atoms with van der Waals surface area (Å²) >= 11 is 0. The largest absolute Gasteiger partial charge is 0.372 e. The van der Waals surface area contributed by atoms with Gasteiger partial charge < -0.3 is 10.2 Å². The van der Waals surface area contributed by atoms with E-state index in [9.17, 15) is 13.2 Å². The number of anilines is 1. The number of sulfonamides is 1. The van der Waals surface area contributed by atoms with Crippen molar-refractivity contribution in [3.8, 4) is 0 Å². The summed E-state index contributed by atoms with van der Waals surface area (Å²) in [6.45, 7) is 5.32. The average molecular weight is 394 g/mol. The summed E-state index contributed by atoms with van der Waals surface area (Å²) in [4.78, 5) is 14.8. The minimum Gasteiger partial charge on any atom is -0.372 e. The van der Waals surface area contributed by atoms with Crippen molar-refractivity contribution in [1.29, 1.82) is 0 Å². The van der Waals surface area contributed by atoms with Crippen molar-refractivity contribution in [3.05, 3.63) is 29.8 Å². The van der Waals surface area contributed by atoms with Crippen molar-refractivity contribution >= 4 is 21.6 Å². The van der Waals surface area contributed by atoms with E-state index >= 15 is 0 Å². The number of amides is 1. The number of carbonyl (C=O) groups is 1. The van der Waals surface area contributed by atoms with Crippen molar-refractivity contribution < 1.29 is 13.2 Å². The molecule has 0 radical (unpaired) electrons. The Morgan fingerprint density at radius 1 is 1.04 bits per heavy atom. The summed E-state index contributed by atoms with van der Waals surface area (Å²) in [6, 6.07) is 8.45. The van der Waals surface area contributed by atoms with Crippen LogP contribution in [0, 0.1) is 5.92 Å². The highest BCUT2D eigenvalue weighted by atomic mass is 32.2. The normalized spacial score (nSPS) is 19.8. The van der Waals surface area contributed by atoms with Crippen LogP contribution in [-0.2, 0) is 21.4 Å². The second kappa shape index (κ2) is 9.06. The van der Waals surface area contributed by atoms with E-state index in [-0.39, 0.29) is 17.6 Å². The molecular formula is C20H31N3O3S. The predicted molar refractivity (Wildman–Crippen MR) is 108 cm³/mol. The van der Waals surface area contributed by atoms with Gasteiger partial charge in [-0.2, -0.15) is 0 Å². The molecule has 0 spiro atoms. The van der Waals surface area contributed by atoms with Crippen LogP contribution in [0.4, 0.5) is 5.69 Å². The van der Waals surface area contributed by atoms with Gasteiger partial charge in [0.1, 0.15) is 0 Å². The number of hydrogen-bond acceptors (Lipinski definition) is 4. The first-order valence-corrected chi connectivity index (χ1v) is 11.7. The second-order valence-corrected chi connectivity index (χ2v) is 9.76. The Bertz CT molecular complexity index is 719. The standard InChI is InChI=1S/C20H31N3O3S/c1-2-27(25,26)23-14-10-18(11-15-23)20(24)21-16-17-6-8-19(9-7-17)22-12-4-3-5-13-22/h6-9,18H,2-5,10-16H2,1H3,(H,21,24). The Hall–Kier alpha value is -1.60. The molecule has 7 heteroatoms. The second-order valence-electron chi connectivity index (χ2n) is 7.51. The molecule has 150 valence electrons. The molecule has 2 aliphatic rings. The average Bonchev–Trinajstić information content (AvgIpc) is 2.73. The highest BCUT2D eigenvalue weighted by Gasteiger charge is 2.29. The van der Waals surface area contributed by atoms with E-state index in [2.05, 4.69) is 34.5 Å². The fourth-order valence-electron chi connectivity index (χ4n) is 3.89. The molecule has 2 heterocycles. The van der Waals surface area contributed by atoms with Crippen LogP contribution in [-0.4, -0.2) is 50.6 Å². The monoisotopic (exact) mass is 393 g/mol. The third-order valence-corrected chi connectivity index (χ3v) is 7.59. The van der Waals surface area contributed by atoms with Gasteiger partial charge in [0.25, 0.3) is 0 Å². The molecule has 0 aliphatic carbocycles. The molecule has 1 aromatic carbocycles. The van der Waals surface area contributed by atoms with Crippen molar-refractivity contribution in [2.75, 3.05) is 36.8 Å². The maximum Gasteiger partial charge on any atom is 0.223 e. The molecule has 2 fully saturated rings. The van der Waals surface area contributed by atoms with E-state index in [1.54, 1.807) is 6.92 Å². The summed E-state index contributed by atoms with van der Waals surface area (Å²) in [6.07, 6.45) is 5.04. The molecule has 1 N–H and O–H groups in total. The van der Waals surface area contributed by atoms with E-state index < -0.39 is 10.0 Å². The van der Waals surface area contributed by atoms with Crippen LogP contribution in [0.1, 0.15) is 44.6 Å². The maximum atomic E-state index is 12.4. The van der Waals surface area contributed by atoms with E-state index in [0.717, 1.165) is 18.7 Å². The van der Waals surface area contributed by atoms with Crippen LogP contribution in [0.3, 0.4) is 0 Å². The third-order valence-electron chi connectivity index (χ3n) is 5.71. The fraction of sp³-hybridized carbons (Fsp3) is 0.650. The number of rotatable bonds is 6. The lowest BCUT2D eigenvalue weighted by Gasteiger charge is -2.30. The van der Waals surface area contributed by atoms with Crippen LogP contribution in [0.25, 0.3) is 0 Å². The summed E-state index contributed by atoms with van der Waals surface area (Å²) in [5.41, 5.74) is 2.35. The Morgan fingerprint density at radius 3 is 2.26 bits per heavy atom. The van der Waals surface area contributed by atoms with Gasteiger partial charge in [-0.25, -0.2) is 12.7 Å². The van der Waals surface area contributed by atoms with Crippen molar-refractivity contribution in [3.63, 3.8) is 0 Å². The van der Waals surface area contributed by atoms with Gasteiger partial charge >= 0.3 is 0 Å². The Kier molecular flexibility index (Phi) is 6.76. The Balaban J connectivity index is 1.45. The predicted octanol–water partition coefficient (Wildman–Crippen LogP) is 2.35. The van der Waals surface area contributed by atoms with E-state index in [4.69, 9.17) is 0 Å². The first kappa shape index (κ1) is 20.1. The summed E-state index contributed by atoms with van der Waals surface area (Å²) in [5.74, 6) is 0.0571. The number of piperidine rings is 2. The molecule has 3 rings (SSSR count). The van der Waals surface area contributed by atoms with Crippen LogP contribution >= 0.6 is 0 Å². The number of nitrogens with zero attached hydrogens (tertiary/aromatic N) is 2. The lowest BCUT2D eigenvalue weighted by molar-refractivity contribution is -0.126. The molecule has 6 nitrogen and oxygen atoms in total. The fourth-order valence-corrected chi connectivity index (χ4v) is 5.02. The zero-order valence-electron chi connectivity index (χ0n) is 16.2. The Labute approximate surface area is 163 Å². The van der Waals surface area contributed by atoms with Crippen LogP contribution < -0.4 is 10.2 Å². The maximum absolute atomic E-state index is 12.4. The minimum absolute atomic E-state index is 0.0312. The van der Waals surface area contributed by atoms with Crippen molar-refractivity contribution in [2.24, 2.45) is 5.92 Å². The SMILES string of the molecule is CCS(=O)(=O)N1CCC(C(=O)NCc2ccc(N3CCCCC3)cc2)CC1. The topological polar surface area (TPSA) is 69.7 Å². The molecule has 2 saturated heterocycles. The number of nitrogens with one attached hydrogen (secondary N) is 1. The smallest absolute Gasteiger partial charge is 0.223 e. The molecule has 0 bridgehead atoms. The van der Waals surface area contributed by atoms with E-state index in [0.29, 0.717) is 32.5 Å². The zero-order chi connectivity index (χ0) is 19.3. The Morgan fingerprint density at radius 2 is 1.67 bits per heavy atom. The minimum atomic E-state index is -3.14. The number of carbonyl (C=O) groups excluding carboxylic acids is 1. The quantitative estimate of drug-likeness (QED) is 0.805. The summed E-state index contributed by atoms with van der Waals surface area (Å²) in [7, 11) is -3.14. The molecule has 0 saturated carbocycles. The van der Waals surface area contributed by atoms with Crippen LogP contribution in [0.5, 0.6) is 0 Å². The highest BCUT2D eigenvalue weighted by molar-refractivity contribution is 7.89. The van der Waals surface area contributed by atoms with Gasteiger partial charge in [-0.1, -0.05) is 12.1 Å². The van der Waals surface area contributed by atoms with Crippen molar-refractivity contribution in [2.45, 2.75) is 45.6 Å². The molecule has 1 aromatic rings. The molecule has 0 atom stereocenters. The van der Waals surface area contributed by atoms with Crippen molar-refractivity contribution in [1.82, 2.24) is 9.62 Å².